The number of hydrogen-bond donors (Lipinski definition) is 0. The molecule has 0 N–H and O–H groups in total. The van der Waals surface area contributed by atoms with Crippen LogP contribution in [0.3, 0.4) is 0 Å². The fourth-order valence-corrected chi connectivity index (χ4v) is 5.88. The Balaban J connectivity index is 1.22. The molecule has 2 saturated heterocycles. The highest BCUT2D eigenvalue weighted by Gasteiger charge is 2.48. The van der Waals surface area contributed by atoms with Crippen LogP contribution in [0.25, 0.3) is 0 Å². The number of carbonyl (C=O) groups excluding carboxylic acids is 2. The summed E-state index contributed by atoms with van der Waals surface area (Å²) in [5.41, 5.74) is 0.925. The summed E-state index contributed by atoms with van der Waals surface area (Å²) in [5, 5.41) is 8.93. The van der Waals surface area contributed by atoms with Crippen molar-refractivity contribution < 1.29 is 23.1 Å². The van der Waals surface area contributed by atoms with Gasteiger partial charge in [0.25, 0.3) is 0 Å². The molecule has 9 heteroatoms. The second kappa shape index (κ2) is 11.3. The zero-order chi connectivity index (χ0) is 27.6. The van der Waals surface area contributed by atoms with E-state index in [9.17, 15) is 18.4 Å². The van der Waals surface area contributed by atoms with Gasteiger partial charge in [-0.2, -0.15) is 5.26 Å². The molecular weight excluding hydrogens is 502 g/mol. The Labute approximate surface area is 227 Å². The van der Waals surface area contributed by atoms with E-state index >= 15 is 0 Å². The molecule has 1 aromatic carbocycles. The van der Waals surface area contributed by atoms with Gasteiger partial charge < -0.3 is 14.5 Å². The van der Waals surface area contributed by atoms with Gasteiger partial charge in [-0.15, -0.1) is 0 Å². The number of rotatable bonds is 7. The third kappa shape index (κ3) is 6.05. The molecule has 7 nitrogen and oxygen atoms in total. The van der Waals surface area contributed by atoms with E-state index in [0.717, 1.165) is 25.3 Å². The van der Waals surface area contributed by atoms with Crippen LogP contribution in [0, 0.1) is 40.2 Å². The van der Waals surface area contributed by atoms with E-state index in [4.69, 9.17) is 10.00 Å². The number of carbonyl (C=O) groups is 2. The quantitative estimate of drug-likeness (QED) is 0.513. The zero-order valence-electron chi connectivity index (χ0n) is 22.2. The van der Waals surface area contributed by atoms with Crippen molar-refractivity contribution >= 4 is 11.8 Å². The third-order valence-electron chi connectivity index (χ3n) is 8.69. The van der Waals surface area contributed by atoms with Crippen LogP contribution < -0.4 is 4.74 Å². The average molecular weight is 537 g/mol. The van der Waals surface area contributed by atoms with Crippen molar-refractivity contribution in [2.24, 2.45) is 17.3 Å². The number of piperidine rings is 2. The maximum Gasteiger partial charge on any atom is 0.228 e. The number of pyridine rings is 1. The maximum absolute atomic E-state index is 14.2. The van der Waals surface area contributed by atoms with E-state index in [1.807, 2.05) is 22.8 Å². The lowest BCUT2D eigenvalue weighted by atomic mass is 9.78. The first-order valence-corrected chi connectivity index (χ1v) is 13.8. The highest BCUT2D eigenvalue weighted by molar-refractivity contribution is 5.85. The van der Waals surface area contributed by atoms with E-state index in [1.54, 1.807) is 18.2 Å². The highest BCUT2D eigenvalue weighted by Crippen LogP contribution is 2.47. The van der Waals surface area contributed by atoms with E-state index in [0.29, 0.717) is 69.1 Å². The van der Waals surface area contributed by atoms with Crippen LogP contribution in [0.15, 0.2) is 36.5 Å². The van der Waals surface area contributed by atoms with Gasteiger partial charge in [-0.1, -0.05) is 13.0 Å². The summed E-state index contributed by atoms with van der Waals surface area (Å²) in [7, 11) is 0. The topological polar surface area (TPSA) is 86.5 Å². The number of nitrogens with zero attached hydrogens (tertiary/aromatic N) is 4. The van der Waals surface area contributed by atoms with Gasteiger partial charge in [0.15, 0.2) is 11.6 Å². The predicted octanol–water partition coefficient (Wildman–Crippen LogP) is 4.67. The van der Waals surface area contributed by atoms with Crippen molar-refractivity contribution in [3.8, 4) is 11.9 Å². The molecule has 0 bridgehead atoms. The van der Waals surface area contributed by atoms with Gasteiger partial charge in [-0.05, 0) is 68.2 Å². The Bertz CT molecular complexity index is 1250. The number of halogens is 2. The first kappa shape index (κ1) is 27.0. The molecule has 1 saturated carbocycles. The minimum Gasteiger partial charge on any atom is -0.478 e. The lowest BCUT2D eigenvalue weighted by Gasteiger charge is -2.41. The van der Waals surface area contributed by atoms with Gasteiger partial charge in [0.1, 0.15) is 6.07 Å². The highest BCUT2D eigenvalue weighted by atomic mass is 19.2. The zero-order valence-corrected chi connectivity index (χ0v) is 22.2. The molecule has 206 valence electrons. The summed E-state index contributed by atoms with van der Waals surface area (Å²) in [6, 6.07) is 9.31. The minimum absolute atomic E-state index is 0.0869. The van der Waals surface area contributed by atoms with Gasteiger partial charge >= 0.3 is 0 Å². The van der Waals surface area contributed by atoms with Crippen LogP contribution in [0.4, 0.5) is 8.78 Å². The Morgan fingerprint density at radius 2 is 1.82 bits per heavy atom. The van der Waals surface area contributed by atoms with Crippen molar-refractivity contribution in [2.45, 2.75) is 51.4 Å². The molecule has 2 amide bonds. The summed E-state index contributed by atoms with van der Waals surface area (Å²) >= 11 is 0. The van der Waals surface area contributed by atoms with Crippen LogP contribution >= 0.6 is 0 Å². The number of ether oxygens (including phenoxy) is 1. The predicted molar refractivity (Wildman–Crippen MR) is 139 cm³/mol. The molecule has 0 radical (unpaired) electrons. The lowest BCUT2D eigenvalue weighted by molar-refractivity contribution is -0.144. The smallest absolute Gasteiger partial charge is 0.228 e. The van der Waals surface area contributed by atoms with Crippen LogP contribution in [0.5, 0.6) is 5.88 Å². The van der Waals surface area contributed by atoms with Gasteiger partial charge in [0.2, 0.25) is 17.7 Å². The molecule has 1 aromatic heterocycles. The summed E-state index contributed by atoms with van der Waals surface area (Å²) in [6.07, 6.45) is 6.03. The fraction of sp³-hybridized carbons (Fsp3) is 0.533. The van der Waals surface area contributed by atoms with Crippen molar-refractivity contribution in [3.63, 3.8) is 0 Å². The van der Waals surface area contributed by atoms with Crippen LogP contribution in [0.1, 0.15) is 62.5 Å². The SMILES string of the molecule is CC1(C(=O)N2CCC(C(=O)N3CC[C@@H](CCOc4ccc(C#N)cn4)[C@@H](c4ccc(F)c(F)c4)C3)CC2)CC1. The van der Waals surface area contributed by atoms with E-state index in [-0.39, 0.29) is 35.0 Å². The normalized spacial score (nSPS) is 22.7. The molecule has 39 heavy (non-hydrogen) atoms. The lowest BCUT2D eigenvalue weighted by Crippen LogP contribution is -2.49. The number of aromatic nitrogens is 1. The number of nitriles is 1. The average Bonchev–Trinajstić information content (AvgIpc) is 3.72. The summed E-state index contributed by atoms with van der Waals surface area (Å²) in [6.45, 7) is 4.63. The maximum atomic E-state index is 14.2. The van der Waals surface area contributed by atoms with Crippen LogP contribution in [0.2, 0.25) is 0 Å². The Hall–Kier alpha value is -3.54. The minimum atomic E-state index is -0.894. The largest absolute Gasteiger partial charge is 0.478 e. The van der Waals surface area contributed by atoms with E-state index in [2.05, 4.69) is 4.98 Å². The van der Waals surface area contributed by atoms with Gasteiger partial charge in [0.05, 0.1) is 12.2 Å². The second-order valence-electron chi connectivity index (χ2n) is 11.4. The Morgan fingerprint density at radius 1 is 1.08 bits per heavy atom. The van der Waals surface area contributed by atoms with Crippen molar-refractivity contribution in [3.05, 3.63) is 59.3 Å². The van der Waals surface area contributed by atoms with Gasteiger partial charge in [-0.25, -0.2) is 13.8 Å². The molecule has 0 unspecified atom stereocenters. The number of amides is 2. The van der Waals surface area contributed by atoms with E-state index < -0.39 is 11.6 Å². The number of likely N-dealkylation sites (tertiary alicyclic amines) is 2. The van der Waals surface area contributed by atoms with Gasteiger partial charge in [0, 0.05) is 55.7 Å². The van der Waals surface area contributed by atoms with Crippen LogP contribution in [-0.2, 0) is 9.59 Å². The fourth-order valence-electron chi connectivity index (χ4n) is 5.88. The molecule has 2 aliphatic heterocycles. The van der Waals surface area contributed by atoms with Crippen molar-refractivity contribution in [1.82, 2.24) is 14.8 Å². The second-order valence-corrected chi connectivity index (χ2v) is 11.4. The monoisotopic (exact) mass is 536 g/mol. The van der Waals surface area contributed by atoms with Gasteiger partial charge in [-0.3, -0.25) is 9.59 Å². The molecule has 3 aliphatic rings. The van der Waals surface area contributed by atoms with Crippen LogP contribution in [-0.4, -0.2) is 59.4 Å². The summed E-state index contributed by atoms with van der Waals surface area (Å²) in [4.78, 5) is 34.1. The Morgan fingerprint density at radius 3 is 2.46 bits per heavy atom. The van der Waals surface area contributed by atoms with Crippen molar-refractivity contribution in [2.75, 3.05) is 32.8 Å². The number of hydrogen-bond acceptors (Lipinski definition) is 5. The molecule has 5 rings (SSSR count). The first-order chi connectivity index (χ1) is 18.8. The summed E-state index contributed by atoms with van der Waals surface area (Å²) < 4.78 is 33.7. The molecule has 3 heterocycles. The molecule has 2 atom stereocenters. The molecular formula is C30H34F2N4O3. The van der Waals surface area contributed by atoms with E-state index in [1.165, 1.54) is 12.3 Å². The number of benzene rings is 1. The molecule has 3 fully saturated rings. The third-order valence-corrected chi connectivity index (χ3v) is 8.69. The van der Waals surface area contributed by atoms with Crippen molar-refractivity contribution in [1.29, 1.82) is 5.26 Å². The molecule has 0 spiro atoms. The standard InChI is InChI=1S/C30H34F2N4O3/c1-30(10-11-30)29(38)35-12-7-22(8-13-35)28(37)36-14-6-21(9-15-39-27-5-2-20(17-33)18-34-27)24(19-36)23-3-4-25(31)26(32)16-23/h2-5,16,18,21-22,24H,6-15,19H2,1H3/t21-,24-/m0/s1. The first-order valence-electron chi connectivity index (χ1n) is 13.8. The molecule has 1 aliphatic carbocycles. The Kier molecular flexibility index (Phi) is 7.83. The molecule has 2 aromatic rings. The summed E-state index contributed by atoms with van der Waals surface area (Å²) in [5.74, 6) is -1.25.